The van der Waals surface area contributed by atoms with Crippen molar-refractivity contribution in [2.45, 2.75) is 6.92 Å². The van der Waals surface area contributed by atoms with Gasteiger partial charge in [-0.25, -0.2) is 14.5 Å². The number of ether oxygens (including phenoxy) is 1. The van der Waals surface area contributed by atoms with Crippen molar-refractivity contribution >= 4 is 28.5 Å². The quantitative estimate of drug-likeness (QED) is 0.611. The van der Waals surface area contributed by atoms with Crippen molar-refractivity contribution < 1.29 is 4.74 Å². The van der Waals surface area contributed by atoms with Gasteiger partial charge in [-0.3, -0.25) is 0 Å². The van der Waals surface area contributed by atoms with Crippen molar-refractivity contribution in [3.8, 4) is 16.5 Å². The number of rotatable bonds is 4. The maximum Gasteiger partial charge on any atom is 0.245 e. The van der Waals surface area contributed by atoms with Gasteiger partial charge in [0, 0.05) is 5.69 Å². The number of nitrogens with one attached hydrogen (secondary N) is 1. The van der Waals surface area contributed by atoms with E-state index < -0.39 is 0 Å². The van der Waals surface area contributed by atoms with Crippen molar-refractivity contribution in [2.75, 3.05) is 12.4 Å². The van der Waals surface area contributed by atoms with Gasteiger partial charge in [0.2, 0.25) is 5.95 Å². The first-order chi connectivity index (χ1) is 11.7. The molecule has 0 bridgehead atoms. The van der Waals surface area contributed by atoms with Crippen LogP contribution in [0.5, 0.6) is 5.75 Å². The van der Waals surface area contributed by atoms with Crippen molar-refractivity contribution in [1.82, 2.24) is 19.6 Å². The molecule has 0 aliphatic rings. The van der Waals surface area contributed by atoms with E-state index in [0.29, 0.717) is 5.95 Å². The van der Waals surface area contributed by atoms with Gasteiger partial charge >= 0.3 is 0 Å². The largest absolute Gasteiger partial charge is 0.497 e. The first-order valence-electron chi connectivity index (χ1n) is 7.42. The highest BCUT2D eigenvalue weighted by Gasteiger charge is 2.13. The molecule has 0 radical (unpaired) electrons. The molecular weight excluding hydrogens is 322 g/mol. The second-order valence-electron chi connectivity index (χ2n) is 5.23. The zero-order chi connectivity index (χ0) is 16.5. The van der Waals surface area contributed by atoms with Crippen LogP contribution in [0.3, 0.4) is 0 Å². The van der Waals surface area contributed by atoms with E-state index in [2.05, 4.69) is 20.4 Å². The number of methoxy groups -OCH3 is 1. The summed E-state index contributed by atoms with van der Waals surface area (Å²) in [6.45, 7) is 1.96. The highest BCUT2D eigenvalue weighted by Crippen LogP contribution is 2.26. The third kappa shape index (κ3) is 2.59. The normalized spacial score (nSPS) is 10.9. The van der Waals surface area contributed by atoms with Crippen LogP contribution < -0.4 is 10.1 Å². The summed E-state index contributed by atoms with van der Waals surface area (Å²) in [5.41, 5.74) is 2.71. The van der Waals surface area contributed by atoms with Crippen LogP contribution in [0.2, 0.25) is 0 Å². The van der Waals surface area contributed by atoms with Gasteiger partial charge in [0.1, 0.15) is 11.3 Å². The van der Waals surface area contributed by atoms with Crippen molar-refractivity contribution in [1.29, 1.82) is 0 Å². The number of nitrogens with zero attached hydrogens (tertiary/aromatic N) is 4. The molecule has 24 heavy (non-hydrogen) atoms. The standard InChI is InChI=1S/C17H15N5OS/c1-11-14-10-18-17(20-12-5-7-13(23-2)8-6-12)21-22(14)16(19-11)15-4-3-9-24-15/h3-10H,1-2H3,(H,20,21). The average Bonchev–Trinajstić information content (AvgIpc) is 3.24. The molecule has 0 saturated heterocycles. The fraction of sp³-hybridized carbons (Fsp3) is 0.118. The van der Waals surface area contributed by atoms with Crippen LogP contribution in [-0.2, 0) is 0 Å². The summed E-state index contributed by atoms with van der Waals surface area (Å²) in [6, 6.07) is 11.7. The molecular formula is C17H15N5OS. The van der Waals surface area contributed by atoms with E-state index in [1.807, 2.05) is 53.2 Å². The van der Waals surface area contributed by atoms with E-state index in [1.54, 1.807) is 24.6 Å². The molecule has 0 spiro atoms. The Labute approximate surface area is 142 Å². The average molecular weight is 337 g/mol. The first-order valence-corrected chi connectivity index (χ1v) is 8.30. The highest BCUT2D eigenvalue weighted by molar-refractivity contribution is 7.13. The molecule has 0 amide bonds. The van der Waals surface area contributed by atoms with Gasteiger partial charge in [0.25, 0.3) is 0 Å². The van der Waals surface area contributed by atoms with Crippen molar-refractivity contribution in [2.24, 2.45) is 0 Å². The number of imidazole rings is 1. The lowest BCUT2D eigenvalue weighted by Crippen LogP contribution is -2.02. The molecule has 0 aliphatic heterocycles. The Hall–Kier alpha value is -2.93. The van der Waals surface area contributed by atoms with Gasteiger partial charge in [-0.05, 0) is 42.6 Å². The lowest BCUT2D eigenvalue weighted by molar-refractivity contribution is 0.415. The van der Waals surface area contributed by atoms with Gasteiger partial charge in [-0.2, -0.15) is 0 Å². The maximum absolute atomic E-state index is 5.17. The minimum absolute atomic E-state index is 0.517. The summed E-state index contributed by atoms with van der Waals surface area (Å²) in [5.74, 6) is 2.16. The number of anilines is 2. The van der Waals surface area contributed by atoms with Crippen molar-refractivity contribution in [3.05, 3.63) is 53.7 Å². The maximum atomic E-state index is 5.17. The van der Waals surface area contributed by atoms with Gasteiger partial charge in [0.05, 0.1) is 23.9 Å². The minimum Gasteiger partial charge on any atom is -0.497 e. The molecule has 4 aromatic rings. The van der Waals surface area contributed by atoms with E-state index in [9.17, 15) is 0 Å². The summed E-state index contributed by atoms with van der Waals surface area (Å²) >= 11 is 1.64. The van der Waals surface area contributed by atoms with E-state index in [-0.39, 0.29) is 0 Å². The first kappa shape index (κ1) is 14.6. The minimum atomic E-state index is 0.517. The predicted molar refractivity (Wildman–Crippen MR) is 95.1 cm³/mol. The Bertz CT molecular complexity index is 976. The van der Waals surface area contributed by atoms with Crippen LogP contribution in [0.4, 0.5) is 11.6 Å². The van der Waals surface area contributed by atoms with Gasteiger partial charge in [0.15, 0.2) is 5.82 Å². The molecule has 0 aliphatic carbocycles. The number of aromatic nitrogens is 4. The lowest BCUT2D eigenvalue weighted by Gasteiger charge is -2.06. The summed E-state index contributed by atoms with van der Waals surface area (Å²) < 4.78 is 7.00. The zero-order valence-corrected chi connectivity index (χ0v) is 14.0. The van der Waals surface area contributed by atoms with E-state index in [0.717, 1.165) is 33.3 Å². The van der Waals surface area contributed by atoms with Crippen LogP contribution in [0.1, 0.15) is 5.69 Å². The van der Waals surface area contributed by atoms with Crippen LogP contribution in [0, 0.1) is 6.92 Å². The van der Waals surface area contributed by atoms with Crippen LogP contribution >= 0.6 is 11.3 Å². The fourth-order valence-corrected chi connectivity index (χ4v) is 3.15. The molecule has 1 N–H and O–H groups in total. The van der Waals surface area contributed by atoms with E-state index in [4.69, 9.17) is 4.74 Å². The highest BCUT2D eigenvalue weighted by atomic mass is 32.1. The number of benzene rings is 1. The Kier molecular flexibility index (Phi) is 3.62. The molecule has 3 heterocycles. The smallest absolute Gasteiger partial charge is 0.245 e. The molecule has 7 heteroatoms. The van der Waals surface area contributed by atoms with E-state index in [1.165, 1.54) is 0 Å². The predicted octanol–water partition coefficient (Wildman–Crippen LogP) is 3.91. The number of hydrogen-bond acceptors (Lipinski definition) is 6. The fourth-order valence-electron chi connectivity index (χ4n) is 2.45. The molecule has 0 saturated carbocycles. The topological polar surface area (TPSA) is 64.3 Å². The summed E-state index contributed by atoms with van der Waals surface area (Å²) in [4.78, 5) is 10.1. The molecule has 3 aromatic heterocycles. The molecule has 6 nitrogen and oxygen atoms in total. The summed E-state index contributed by atoms with van der Waals surface area (Å²) in [6.07, 6.45) is 1.79. The third-order valence-electron chi connectivity index (χ3n) is 3.66. The molecule has 0 unspecified atom stereocenters. The number of hydrogen-bond donors (Lipinski definition) is 1. The number of thiophene rings is 1. The Morgan fingerprint density at radius 2 is 2.00 bits per heavy atom. The lowest BCUT2D eigenvalue weighted by atomic mass is 10.3. The Balaban J connectivity index is 1.73. The third-order valence-corrected chi connectivity index (χ3v) is 4.53. The monoisotopic (exact) mass is 337 g/mol. The van der Waals surface area contributed by atoms with Crippen LogP contribution in [0.15, 0.2) is 48.0 Å². The molecule has 0 fully saturated rings. The summed E-state index contributed by atoms with van der Waals surface area (Å²) in [5, 5.41) is 9.83. The number of aryl methyl sites for hydroxylation is 1. The number of fused-ring (bicyclic) bond motifs is 1. The molecule has 0 atom stereocenters. The Morgan fingerprint density at radius 1 is 1.17 bits per heavy atom. The SMILES string of the molecule is COc1ccc(Nc2ncc3c(C)nc(-c4cccs4)n3n2)cc1. The van der Waals surface area contributed by atoms with E-state index >= 15 is 0 Å². The molecule has 4 rings (SSSR count). The molecule has 120 valence electrons. The van der Waals surface area contributed by atoms with Gasteiger partial charge in [-0.1, -0.05) is 6.07 Å². The van der Waals surface area contributed by atoms with Gasteiger partial charge < -0.3 is 10.1 Å². The summed E-state index contributed by atoms with van der Waals surface area (Å²) in [7, 11) is 1.65. The van der Waals surface area contributed by atoms with Crippen LogP contribution in [0.25, 0.3) is 16.2 Å². The van der Waals surface area contributed by atoms with Crippen LogP contribution in [-0.4, -0.2) is 26.7 Å². The Morgan fingerprint density at radius 3 is 2.71 bits per heavy atom. The van der Waals surface area contributed by atoms with Crippen molar-refractivity contribution in [3.63, 3.8) is 0 Å². The molecule has 1 aromatic carbocycles. The second-order valence-corrected chi connectivity index (χ2v) is 6.18. The zero-order valence-electron chi connectivity index (χ0n) is 13.2. The van der Waals surface area contributed by atoms with Gasteiger partial charge in [-0.15, -0.1) is 16.4 Å². The second kappa shape index (κ2) is 5.93.